The molecule has 0 saturated heterocycles. The normalized spacial score (nSPS) is 17.3. The first kappa shape index (κ1) is 10.5. The second-order valence-electron chi connectivity index (χ2n) is 4.81. The van der Waals surface area contributed by atoms with Crippen molar-refractivity contribution in [2.75, 3.05) is 5.32 Å². The molecule has 2 heterocycles. The molecule has 1 aliphatic carbocycles. The van der Waals surface area contributed by atoms with E-state index in [1.165, 1.54) is 29.6 Å². The number of hydrogen-bond donors (Lipinski definition) is 1. The van der Waals surface area contributed by atoms with Crippen molar-refractivity contribution in [3.8, 4) is 0 Å². The van der Waals surface area contributed by atoms with Crippen LogP contribution in [0.15, 0.2) is 18.3 Å². The van der Waals surface area contributed by atoms with Gasteiger partial charge >= 0.3 is 0 Å². The van der Waals surface area contributed by atoms with E-state index in [0.29, 0.717) is 17.6 Å². The van der Waals surface area contributed by atoms with E-state index >= 15 is 0 Å². The number of halogens is 1. The summed E-state index contributed by atoms with van der Waals surface area (Å²) in [5.41, 5.74) is 0.660. The summed E-state index contributed by atoms with van der Waals surface area (Å²) < 4.78 is 14.4. The number of pyridine rings is 1. The third-order valence-electron chi connectivity index (χ3n) is 3.05. The van der Waals surface area contributed by atoms with Crippen LogP contribution in [0, 0.1) is 11.7 Å². The van der Waals surface area contributed by atoms with Gasteiger partial charge in [0, 0.05) is 6.04 Å². The molecule has 0 spiro atoms. The number of aromatic nitrogens is 3. The topological polar surface area (TPSA) is 42.2 Å². The molecule has 17 heavy (non-hydrogen) atoms. The summed E-state index contributed by atoms with van der Waals surface area (Å²) in [6, 6.07) is 3.38. The van der Waals surface area contributed by atoms with Crippen LogP contribution in [0.25, 0.3) is 5.65 Å². The van der Waals surface area contributed by atoms with Crippen LogP contribution in [0.4, 0.5) is 10.3 Å². The quantitative estimate of drug-likeness (QED) is 0.883. The van der Waals surface area contributed by atoms with Gasteiger partial charge in [0.2, 0.25) is 5.95 Å². The molecule has 0 amide bonds. The number of hydrogen-bond acceptors (Lipinski definition) is 3. The van der Waals surface area contributed by atoms with Gasteiger partial charge in [-0.2, -0.15) is 4.98 Å². The number of nitrogens with zero attached hydrogens (tertiary/aromatic N) is 3. The van der Waals surface area contributed by atoms with Gasteiger partial charge in [0.15, 0.2) is 5.65 Å². The van der Waals surface area contributed by atoms with Gasteiger partial charge in [-0.05, 0) is 31.4 Å². The second kappa shape index (κ2) is 3.98. The lowest BCUT2D eigenvalue weighted by Crippen LogP contribution is -2.16. The van der Waals surface area contributed by atoms with Crippen molar-refractivity contribution in [1.82, 2.24) is 14.6 Å². The lowest BCUT2D eigenvalue weighted by Gasteiger charge is -2.10. The van der Waals surface area contributed by atoms with E-state index in [4.69, 9.17) is 0 Å². The Morgan fingerprint density at radius 3 is 3.12 bits per heavy atom. The summed E-state index contributed by atoms with van der Waals surface area (Å²) in [5, 5.41) is 7.45. The summed E-state index contributed by atoms with van der Waals surface area (Å²) in [6.45, 7) is 2.13. The number of fused-ring (bicyclic) bond motifs is 1. The molecule has 1 saturated carbocycles. The van der Waals surface area contributed by atoms with Crippen molar-refractivity contribution in [2.45, 2.75) is 32.2 Å². The van der Waals surface area contributed by atoms with Gasteiger partial charge in [0.25, 0.3) is 0 Å². The maximum Gasteiger partial charge on any atom is 0.243 e. The van der Waals surface area contributed by atoms with E-state index < -0.39 is 0 Å². The molecule has 0 bridgehead atoms. The molecule has 4 nitrogen and oxygen atoms in total. The largest absolute Gasteiger partial charge is 0.350 e. The van der Waals surface area contributed by atoms with Crippen molar-refractivity contribution in [2.24, 2.45) is 5.92 Å². The van der Waals surface area contributed by atoms with Crippen molar-refractivity contribution in [3.63, 3.8) is 0 Å². The SMILES string of the molecule is CC(CC1CC1)Nc1nc2ccc(F)cn2n1. The molecular weight excluding hydrogens is 219 g/mol. The Hall–Kier alpha value is -1.65. The molecule has 1 unspecified atom stereocenters. The first-order chi connectivity index (χ1) is 8.20. The second-order valence-corrected chi connectivity index (χ2v) is 4.81. The molecule has 90 valence electrons. The van der Waals surface area contributed by atoms with Gasteiger partial charge in [0.05, 0.1) is 6.20 Å². The maximum atomic E-state index is 13.0. The zero-order chi connectivity index (χ0) is 11.8. The van der Waals surface area contributed by atoms with E-state index in [0.717, 1.165) is 12.3 Å². The molecule has 1 atom stereocenters. The number of nitrogens with one attached hydrogen (secondary N) is 1. The average molecular weight is 234 g/mol. The molecule has 0 aliphatic heterocycles. The van der Waals surface area contributed by atoms with Crippen LogP contribution in [0.2, 0.25) is 0 Å². The fourth-order valence-electron chi connectivity index (χ4n) is 2.05. The van der Waals surface area contributed by atoms with Gasteiger partial charge in [-0.25, -0.2) is 8.91 Å². The Balaban J connectivity index is 1.75. The van der Waals surface area contributed by atoms with Crippen LogP contribution in [0.5, 0.6) is 0 Å². The highest BCUT2D eigenvalue weighted by atomic mass is 19.1. The minimum Gasteiger partial charge on any atom is -0.350 e. The summed E-state index contributed by atoms with van der Waals surface area (Å²) in [6.07, 6.45) is 5.18. The summed E-state index contributed by atoms with van der Waals surface area (Å²) in [7, 11) is 0. The van der Waals surface area contributed by atoms with Crippen LogP contribution in [0.1, 0.15) is 26.2 Å². The standard InChI is InChI=1S/C12H15FN4/c1-8(6-9-2-3-9)14-12-15-11-5-4-10(13)7-17(11)16-12/h4-5,7-9H,2-3,6H2,1H3,(H,14,16). The molecule has 2 aromatic heterocycles. The molecule has 0 aromatic carbocycles. The minimum atomic E-state index is -0.306. The van der Waals surface area contributed by atoms with Gasteiger partial charge < -0.3 is 5.32 Å². The van der Waals surface area contributed by atoms with E-state index in [-0.39, 0.29) is 5.82 Å². The number of anilines is 1. The third-order valence-corrected chi connectivity index (χ3v) is 3.05. The Labute approximate surface area is 98.9 Å². The summed E-state index contributed by atoms with van der Waals surface area (Å²) >= 11 is 0. The first-order valence-corrected chi connectivity index (χ1v) is 5.99. The highest BCUT2D eigenvalue weighted by Gasteiger charge is 2.23. The van der Waals surface area contributed by atoms with E-state index in [1.54, 1.807) is 6.07 Å². The first-order valence-electron chi connectivity index (χ1n) is 5.99. The Morgan fingerprint density at radius 1 is 1.53 bits per heavy atom. The predicted molar refractivity (Wildman–Crippen MR) is 63.4 cm³/mol. The van der Waals surface area contributed by atoms with Crippen molar-refractivity contribution < 1.29 is 4.39 Å². The van der Waals surface area contributed by atoms with Gasteiger partial charge in [-0.3, -0.25) is 0 Å². The van der Waals surface area contributed by atoms with Crippen LogP contribution < -0.4 is 5.32 Å². The Morgan fingerprint density at radius 2 is 2.35 bits per heavy atom. The van der Waals surface area contributed by atoms with E-state index in [1.807, 2.05) is 0 Å². The van der Waals surface area contributed by atoms with E-state index in [2.05, 4.69) is 22.3 Å². The number of rotatable bonds is 4. The third kappa shape index (κ3) is 2.38. The monoisotopic (exact) mass is 234 g/mol. The fraction of sp³-hybridized carbons (Fsp3) is 0.500. The van der Waals surface area contributed by atoms with Gasteiger partial charge in [-0.1, -0.05) is 12.8 Å². The highest BCUT2D eigenvalue weighted by molar-refractivity contribution is 5.43. The molecular formula is C12H15FN4. The maximum absolute atomic E-state index is 13.0. The van der Waals surface area contributed by atoms with Crippen molar-refractivity contribution in [3.05, 3.63) is 24.1 Å². The van der Waals surface area contributed by atoms with Crippen molar-refractivity contribution in [1.29, 1.82) is 0 Å². The van der Waals surface area contributed by atoms with Crippen LogP contribution >= 0.6 is 0 Å². The van der Waals surface area contributed by atoms with Crippen LogP contribution in [-0.2, 0) is 0 Å². The molecule has 3 rings (SSSR count). The Kier molecular flexibility index (Phi) is 2.46. The van der Waals surface area contributed by atoms with Gasteiger partial charge in [0.1, 0.15) is 5.82 Å². The predicted octanol–water partition coefficient (Wildman–Crippen LogP) is 2.47. The molecule has 0 radical (unpaired) electrons. The smallest absolute Gasteiger partial charge is 0.243 e. The summed E-state index contributed by atoms with van der Waals surface area (Å²) in [4.78, 5) is 4.30. The molecule has 1 fully saturated rings. The zero-order valence-electron chi connectivity index (χ0n) is 9.73. The molecule has 1 aliphatic rings. The zero-order valence-corrected chi connectivity index (χ0v) is 9.73. The average Bonchev–Trinajstić information content (AvgIpc) is 2.97. The molecule has 1 N–H and O–H groups in total. The lowest BCUT2D eigenvalue weighted by molar-refractivity contribution is 0.614. The van der Waals surface area contributed by atoms with E-state index in [9.17, 15) is 4.39 Å². The van der Waals surface area contributed by atoms with Crippen LogP contribution in [-0.4, -0.2) is 20.6 Å². The van der Waals surface area contributed by atoms with Crippen molar-refractivity contribution >= 4 is 11.6 Å². The molecule has 5 heteroatoms. The minimum absolute atomic E-state index is 0.306. The fourth-order valence-corrected chi connectivity index (χ4v) is 2.05. The molecule has 2 aromatic rings. The summed E-state index contributed by atoms with van der Waals surface area (Å²) in [5.74, 6) is 1.13. The highest BCUT2D eigenvalue weighted by Crippen LogP contribution is 2.33. The Bertz CT molecular complexity index is 532. The lowest BCUT2D eigenvalue weighted by atomic mass is 10.2. The van der Waals surface area contributed by atoms with Crippen LogP contribution in [0.3, 0.4) is 0 Å². The van der Waals surface area contributed by atoms with Gasteiger partial charge in [-0.15, -0.1) is 5.10 Å².